The molecule has 1 aromatic carbocycles. The van der Waals surface area contributed by atoms with E-state index in [0.717, 1.165) is 5.56 Å². The number of carbonyl (C=O) groups is 1. The van der Waals surface area contributed by atoms with E-state index in [0.29, 0.717) is 5.75 Å². The van der Waals surface area contributed by atoms with Crippen LogP contribution in [0.4, 0.5) is 5.82 Å². The summed E-state index contributed by atoms with van der Waals surface area (Å²) >= 11 is 0. The summed E-state index contributed by atoms with van der Waals surface area (Å²) in [5.74, 6) is 0.263. The van der Waals surface area contributed by atoms with Gasteiger partial charge in [0.2, 0.25) is 0 Å². The number of methoxy groups -OCH3 is 1. The van der Waals surface area contributed by atoms with Gasteiger partial charge in [0.15, 0.2) is 5.82 Å². The van der Waals surface area contributed by atoms with E-state index in [1.807, 2.05) is 12.1 Å². The van der Waals surface area contributed by atoms with Crippen molar-refractivity contribution in [2.24, 2.45) is 10.7 Å². The van der Waals surface area contributed by atoms with Crippen molar-refractivity contribution in [1.82, 2.24) is 9.78 Å². The molecule has 0 bridgehead atoms. The molecular weight excluding hydrogens is 376 g/mol. The Morgan fingerprint density at radius 3 is 2.69 bits per heavy atom. The first-order valence-corrected chi connectivity index (χ1v) is 8.82. The molecule has 3 aromatic rings. The lowest BCUT2D eigenvalue weighted by Crippen LogP contribution is -2.25. The first-order chi connectivity index (χ1) is 13.9. The average Bonchev–Trinajstić information content (AvgIpc) is 3.11. The molecule has 29 heavy (non-hydrogen) atoms. The Morgan fingerprint density at radius 1 is 1.34 bits per heavy atom. The van der Waals surface area contributed by atoms with Crippen molar-refractivity contribution in [2.75, 3.05) is 7.11 Å². The van der Waals surface area contributed by atoms with Gasteiger partial charge in [0.25, 0.3) is 5.91 Å². The zero-order valence-electron chi connectivity index (χ0n) is 15.7. The molecule has 1 atom stereocenters. The average molecular weight is 394 g/mol. The molecule has 2 aromatic heterocycles. The summed E-state index contributed by atoms with van der Waals surface area (Å²) in [6, 6.07) is 8.30. The van der Waals surface area contributed by atoms with Crippen LogP contribution in [0.25, 0.3) is 0 Å². The van der Waals surface area contributed by atoms with Crippen LogP contribution >= 0.6 is 0 Å². The normalized spacial score (nSPS) is 15.5. The number of ether oxygens (including phenoxy) is 1. The minimum absolute atomic E-state index is 0.0445. The van der Waals surface area contributed by atoms with Crippen molar-refractivity contribution in [3.8, 4) is 11.5 Å². The summed E-state index contributed by atoms with van der Waals surface area (Å²) in [6.07, 6.45) is 1.60. The maximum atomic E-state index is 12.4. The minimum Gasteiger partial charge on any atom is -0.507 e. The van der Waals surface area contributed by atoms with Crippen LogP contribution < -0.4 is 16.1 Å². The quantitative estimate of drug-likeness (QED) is 0.696. The molecule has 1 aliphatic rings. The van der Waals surface area contributed by atoms with Gasteiger partial charge in [0.05, 0.1) is 25.1 Å². The number of rotatable bonds is 4. The number of aryl methyl sites for hydroxylation is 1. The predicted molar refractivity (Wildman–Crippen MR) is 104 cm³/mol. The van der Waals surface area contributed by atoms with Gasteiger partial charge in [-0.3, -0.25) is 4.79 Å². The van der Waals surface area contributed by atoms with Crippen molar-refractivity contribution in [2.45, 2.75) is 19.4 Å². The largest absolute Gasteiger partial charge is 0.507 e. The smallest absolute Gasteiger partial charge is 0.348 e. The molecule has 9 heteroatoms. The summed E-state index contributed by atoms with van der Waals surface area (Å²) < 4.78 is 11.9. The summed E-state index contributed by atoms with van der Waals surface area (Å²) in [5, 5.41) is 14.6. The molecule has 3 heterocycles. The van der Waals surface area contributed by atoms with Crippen LogP contribution in [0.5, 0.6) is 11.5 Å². The second-order valence-electron chi connectivity index (χ2n) is 6.65. The zero-order chi connectivity index (χ0) is 20.7. The Bertz CT molecular complexity index is 1190. The van der Waals surface area contributed by atoms with E-state index < -0.39 is 11.5 Å². The summed E-state index contributed by atoms with van der Waals surface area (Å²) in [4.78, 5) is 28.7. The van der Waals surface area contributed by atoms with Gasteiger partial charge >= 0.3 is 5.63 Å². The second-order valence-corrected chi connectivity index (χ2v) is 6.65. The number of amides is 1. The molecule has 3 N–H and O–H groups in total. The molecule has 1 aliphatic heterocycles. The molecule has 0 saturated carbocycles. The Labute approximate surface area is 165 Å². The number of aromatic nitrogens is 2. The standard InChI is InChI=1S/C20H18N4O5/c1-10-7-16(25)17(20(27)29-10)14-8-15(11-3-5-12(28-2)6-4-11)24-19(23-14)13(9-22-24)18(21)26/h3-7,9,15,25H,8H2,1-2H3,(H2,21,26)/t15-/m1/s1. The van der Waals surface area contributed by atoms with Gasteiger partial charge in [-0.2, -0.15) is 5.10 Å². The molecule has 0 radical (unpaired) electrons. The van der Waals surface area contributed by atoms with E-state index >= 15 is 0 Å². The van der Waals surface area contributed by atoms with Crippen LogP contribution in [0.15, 0.2) is 50.7 Å². The number of aliphatic imine (C=N–C) groups is 1. The van der Waals surface area contributed by atoms with Crippen molar-refractivity contribution < 1.29 is 19.1 Å². The lowest BCUT2D eigenvalue weighted by Gasteiger charge is -2.25. The molecule has 0 fully saturated rings. The highest BCUT2D eigenvalue weighted by molar-refractivity contribution is 6.06. The molecule has 0 unspecified atom stereocenters. The Kier molecular flexibility index (Phi) is 4.42. The third-order valence-corrected chi connectivity index (χ3v) is 4.80. The van der Waals surface area contributed by atoms with Gasteiger partial charge in [-0.25, -0.2) is 14.5 Å². The SMILES string of the molecule is COc1ccc([C@H]2CC(c3c(O)cc(C)oc3=O)=Nc3c(C(N)=O)cnn32)cc1. The lowest BCUT2D eigenvalue weighted by atomic mass is 9.96. The maximum absolute atomic E-state index is 12.4. The van der Waals surface area contributed by atoms with Crippen molar-refractivity contribution in [1.29, 1.82) is 0 Å². The fraction of sp³-hybridized carbons (Fsp3) is 0.200. The Morgan fingerprint density at radius 2 is 2.07 bits per heavy atom. The number of benzene rings is 1. The molecule has 4 rings (SSSR count). The highest BCUT2D eigenvalue weighted by Gasteiger charge is 2.31. The van der Waals surface area contributed by atoms with E-state index in [2.05, 4.69) is 10.1 Å². The van der Waals surface area contributed by atoms with Crippen molar-refractivity contribution >= 4 is 17.4 Å². The van der Waals surface area contributed by atoms with Crippen LogP contribution in [0.1, 0.15) is 39.7 Å². The van der Waals surface area contributed by atoms with Crippen molar-refractivity contribution in [3.05, 3.63) is 69.4 Å². The number of aromatic hydroxyl groups is 1. The minimum atomic E-state index is -0.705. The van der Waals surface area contributed by atoms with Crippen molar-refractivity contribution in [3.63, 3.8) is 0 Å². The number of carbonyl (C=O) groups excluding carboxylic acids is 1. The Balaban J connectivity index is 1.90. The van der Waals surface area contributed by atoms with E-state index in [1.54, 1.807) is 30.8 Å². The van der Waals surface area contributed by atoms with Gasteiger partial charge in [-0.05, 0) is 24.6 Å². The van der Waals surface area contributed by atoms with Gasteiger partial charge in [0, 0.05) is 12.5 Å². The topological polar surface area (TPSA) is 133 Å². The number of fused-ring (bicyclic) bond motifs is 1. The molecular formula is C20H18N4O5. The van der Waals surface area contributed by atoms with Crippen LogP contribution in [0.3, 0.4) is 0 Å². The fourth-order valence-corrected chi connectivity index (χ4v) is 3.42. The molecule has 0 spiro atoms. The Hall–Kier alpha value is -3.88. The molecule has 148 valence electrons. The first-order valence-electron chi connectivity index (χ1n) is 8.82. The van der Waals surface area contributed by atoms with Gasteiger partial charge in [-0.1, -0.05) is 12.1 Å². The third-order valence-electron chi connectivity index (χ3n) is 4.80. The second kappa shape index (κ2) is 6.93. The number of nitrogens with two attached hydrogens (primary N) is 1. The van der Waals surface area contributed by atoms with Crippen LogP contribution in [-0.4, -0.2) is 33.6 Å². The lowest BCUT2D eigenvalue weighted by molar-refractivity contribution is 0.100. The summed E-state index contributed by atoms with van der Waals surface area (Å²) in [7, 11) is 1.57. The summed E-state index contributed by atoms with van der Waals surface area (Å²) in [6.45, 7) is 1.56. The van der Waals surface area contributed by atoms with E-state index in [9.17, 15) is 14.7 Å². The van der Waals surface area contributed by atoms with Gasteiger partial charge in [-0.15, -0.1) is 0 Å². The molecule has 9 nitrogen and oxygen atoms in total. The molecule has 0 saturated heterocycles. The predicted octanol–water partition coefficient (Wildman–Crippen LogP) is 2.07. The zero-order valence-corrected chi connectivity index (χ0v) is 15.7. The highest BCUT2D eigenvalue weighted by atomic mass is 16.5. The highest BCUT2D eigenvalue weighted by Crippen LogP contribution is 2.36. The molecule has 1 amide bonds. The number of primary amides is 1. The summed E-state index contributed by atoms with van der Waals surface area (Å²) in [5.41, 5.74) is 5.97. The third kappa shape index (κ3) is 3.16. The molecule has 0 aliphatic carbocycles. The number of nitrogens with zero attached hydrogens (tertiary/aromatic N) is 3. The van der Waals surface area contributed by atoms with E-state index in [1.165, 1.54) is 12.3 Å². The van der Waals surface area contributed by atoms with E-state index in [4.69, 9.17) is 14.9 Å². The monoisotopic (exact) mass is 394 g/mol. The first kappa shape index (κ1) is 18.5. The van der Waals surface area contributed by atoms with Crippen LogP contribution in [0.2, 0.25) is 0 Å². The maximum Gasteiger partial charge on any atom is 0.348 e. The van der Waals surface area contributed by atoms with Gasteiger partial charge in [0.1, 0.15) is 28.4 Å². The number of hydrogen-bond donors (Lipinski definition) is 2. The number of hydrogen-bond acceptors (Lipinski definition) is 7. The fourth-order valence-electron chi connectivity index (χ4n) is 3.42. The van der Waals surface area contributed by atoms with Gasteiger partial charge < -0.3 is 20.0 Å². The van der Waals surface area contributed by atoms with E-state index in [-0.39, 0.29) is 46.6 Å². The van der Waals surface area contributed by atoms with Crippen LogP contribution in [-0.2, 0) is 0 Å². The van der Waals surface area contributed by atoms with Crippen LogP contribution in [0, 0.1) is 6.92 Å².